The molecule has 16 heteroatoms. The fraction of sp³-hybridized carbons (Fsp3) is 0.979. The van der Waals surface area contributed by atoms with Gasteiger partial charge in [0.25, 0.3) is 0 Å². The summed E-state index contributed by atoms with van der Waals surface area (Å²) in [4.78, 5) is 12.5. The highest BCUT2D eigenvalue weighted by Crippen LogP contribution is 2.57. The largest absolute Gasteiger partial charge is 0.481 e. The van der Waals surface area contributed by atoms with Gasteiger partial charge in [-0.1, -0.05) is 34.6 Å². The summed E-state index contributed by atoms with van der Waals surface area (Å²) in [5, 5.41) is 33.5. The quantitative estimate of drug-likeness (QED) is 0.207. The molecule has 0 unspecified atom stereocenters. The number of carboxylic acid groups (broad SMARTS) is 1. The summed E-state index contributed by atoms with van der Waals surface area (Å²) in [5.41, 5.74) is -2.16. The highest BCUT2D eigenvalue weighted by atomic mass is 16.8. The minimum atomic E-state index is -2.11. The third-order valence-electron chi connectivity index (χ3n) is 17.4. The molecule has 1 spiro atoms. The van der Waals surface area contributed by atoms with Crippen LogP contribution in [0.2, 0.25) is 0 Å². The van der Waals surface area contributed by atoms with E-state index in [4.69, 9.17) is 56.8 Å². The molecule has 64 heavy (non-hydrogen) atoms. The molecule has 7 aliphatic heterocycles. The van der Waals surface area contributed by atoms with Crippen LogP contribution in [0.3, 0.4) is 0 Å². The molecule has 0 radical (unpaired) electrons. The van der Waals surface area contributed by atoms with E-state index in [1.165, 1.54) is 6.92 Å². The molecule has 7 heterocycles. The maximum atomic E-state index is 12.5. The summed E-state index contributed by atoms with van der Waals surface area (Å²) < 4.78 is 79.0. The smallest absolute Gasteiger partial charge is 0.311 e. The summed E-state index contributed by atoms with van der Waals surface area (Å²) in [7, 11) is 6.61. The van der Waals surface area contributed by atoms with E-state index in [1.807, 2.05) is 20.8 Å². The Balaban J connectivity index is 1.13. The fourth-order valence-electron chi connectivity index (χ4n) is 13.3. The number of rotatable bonds is 13. The second kappa shape index (κ2) is 19.0. The Morgan fingerprint density at radius 1 is 0.703 bits per heavy atom. The fourth-order valence-corrected chi connectivity index (χ4v) is 13.3. The first kappa shape index (κ1) is 50.8. The van der Waals surface area contributed by atoms with Crippen LogP contribution in [0.5, 0.6) is 0 Å². The van der Waals surface area contributed by atoms with E-state index in [2.05, 4.69) is 27.7 Å². The highest BCUT2D eigenvalue weighted by Gasteiger charge is 2.70. The van der Waals surface area contributed by atoms with Gasteiger partial charge >= 0.3 is 5.97 Å². The zero-order chi connectivity index (χ0) is 46.9. The lowest BCUT2D eigenvalue weighted by molar-refractivity contribution is -0.403. The molecule has 0 aliphatic carbocycles. The van der Waals surface area contributed by atoms with Gasteiger partial charge in [0.1, 0.15) is 17.1 Å². The lowest BCUT2D eigenvalue weighted by Crippen LogP contribution is -2.71. The van der Waals surface area contributed by atoms with Crippen LogP contribution in [0.4, 0.5) is 0 Å². The predicted molar refractivity (Wildman–Crippen MR) is 231 cm³/mol. The van der Waals surface area contributed by atoms with Crippen LogP contribution in [0.15, 0.2) is 0 Å². The number of ether oxygens (including phenoxy) is 12. The summed E-state index contributed by atoms with van der Waals surface area (Å²) in [6.45, 7) is 19.2. The molecule has 7 saturated heterocycles. The van der Waals surface area contributed by atoms with Crippen LogP contribution in [0.25, 0.3) is 0 Å². The van der Waals surface area contributed by atoms with Gasteiger partial charge in [0.05, 0.1) is 73.2 Å². The van der Waals surface area contributed by atoms with E-state index >= 15 is 0 Å². The van der Waals surface area contributed by atoms with Crippen LogP contribution < -0.4 is 0 Å². The van der Waals surface area contributed by atoms with Gasteiger partial charge in [-0.05, 0) is 79.1 Å². The molecule has 16 nitrogen and oxygen atoms in total. The van der Waals surface area contributed by atoms with Gasteiger partial charge in [0, 0.05) is 71.4 Å². The first-order valence-electron chi connectivity index (χ1n) is 24.2. The number of hydrogen-bond donors (Lipinski definition) is 3. The summed E-state index contributed by atoms with van der Waals surface area (Å²) in [5.74, 6) is -8.05. The third kappa shape index (κ3) is 8.77. The number of carboxylic acids is 1. The minimum absolute atomic E-state index is 0.0384. The molecule has 7 aliphatic rings. The Labute approximate surface area is 381 Å². The van der Waals surface area contributed by atoms with Crippen LogP contribution in [0.1, 0.15) is 127 Å². The number of aliphatic carboxylic acids is 1. The van der Waals surface area contributed by atoms with Gasteiger partial charge < -0.3 is 72.2 Å². The molecule has 0 bridgehead atoms. The zero-order valence-electron chi connectivity index (χ0n) is 41.0. The summed E-state index contributed by atoms with van der Waals surface area (Å²) in [6.07, 6.45) is 1.06. The van der Waals surface area contributed by atoms with Gasteiger partial charge in [0.15, 0.2) is 23.7 Å². The molecule has 24 atom stereocenters. The lowest BCUT2D eigenvalue weighted by atomic mass is 9.71. The number of hydrogen-bond acceptors (Lipinski definition) is 15. The highest BCUT2D eigenvalue weighted by molar-refractivity contribution is 5.70. The Morgan fingerprint density at radius 2 is 1.34 bits per heavy atom. The van der Waals surface area contributed by atoms with E-state index < -0.39 is 77.1 Å². The van der Waals surface area contributed by atoms with Crippen molar-refractivity contribution in [2.75, 3.05) is 28.4 Å². The molecule has 0 aromatic heterocycles. The van der Waals surface area contributed by atoms with Crippen molar-refractivity contribution in [1.29, 1.82) is 0 Å². The molecule has 0 amide bonds. The van der Waals surface area contributed by atoms with Crippen LogP contribution in [0, 0.1) is 35.5 Å². The molecule has 0 saturated carbocycles. The molecular formula is C48H82O16. The molecule has 7 rings (SSSR count). The van der Waals surface area contributed by atoms with Gasteiger partial charge in [-0.3, -0.25) is 4.79 Å². The van der Waals surface area contributed by atoms with Crippen molar-refractivity contribution in [2.24, 2.45) is 35.5 Å². The zero-order valence-corrected chi connectivity index (χ0v) is 41.0. The first-order chi connectivity index (χ1) is 30.0. The second-order valence-electron chi connectivity index (χ2n) is 21.3. The first-order valence-corrected chi connectivity index (χ1v) is 24.2. The third-order valence-corrected chi connectivity index (χ3v) is 17.4. The Hall–Kier alpha value is -1.09. The standard InChI is InChI=1S/C48H82O16/c1-24-21-25(2)46(10,51)63-40(24)35-16-15-33(58-35)34-17-19-37(59-34)45(9)42(56-14)28(5)48(64-45)26(3)36(54-12)22-31(60-48)23-38-44(8,62-39-20-18-32(53-11)30(7)57-39)41(55-13)27(4)47(52,61-38)29(6)43(49)50/h24-42,51-52H,15-23H2,1-14H3,(H,49,50)/t24-,25-,26+,27-,28+,29-,30-,31+,32+,33+,34-,35+,36-,37+,38-,39-,40-,41+,42-,44+,45+,46-,47+,48+/m0/s1. The molecule has 370 valence electrons. The number of aliphatic hydroxyl groups is 2. The average Bonchev–Trinajstić information content (AvgIpc) is 3.98. The van der Waals surface area contributed by atoms with E-state index in [0.717, 1.165) is 32.1 Å². The number of carbonyl (C=O) groups is 1. The van der Waals surface area contributed by atoms with Gasteiger partial charge in [-0.15, -0.1) is 0 Å². The van der Waals surface area contributed by atoms with Crippen LogP contribution in [-0.2, 0) is 61.6 Å². The van der Waals surface area contributed by atoms with E-state index in [-0.39, 0.29) is 78.9 Å². The summed E-state index contributed by atoms with van der Waals surface area (Å²) >= 11 is 0. The molecule has 3 N–H and O–H groups in total. The van der Waals surface area contributed by atoms with Crippen molar-refractivity contribution in [1.82, 2.24) is 0 Å². The molecule has 0 aromatic rings. The predicted octanol–water partition coefficient (Wildman–Crippen LogP) is 5.59. The Kier molecular flexibility index (Phi) is 15.1. The maximum Gasteiger partial charge on any atom is 0.311 e. The van der Waals surface area contributed by atoms with Crippen molar-refractivity contribution < 1.29 is 77.0 Å². The topological polar surface area (TPSA) is 189 Å². The SMILES string of the molecule is CO[C@H]1C[C@H](C[C@@H]2O[C@@](O)([C@@H](C)C(=O)O)[C@@H](C)[C@@H](OC)[C@]2(C)O[C@H]2CC[C@@H](OC)[C@H](C)O2)O[C@@]2(O[C@](C)([C@H]3CC[C@@H]([C@H]4CC[C@H]([C@H]5O[C@](C)(O)[C@@H](C)C[C@@H]5C)O4)O3)[C@@H](OC)[C@H]2C)[C@@H]1C. The van der Waals surface area contributed by atoms with Crippen molar-refractivity contribution in [2.45, 2.75) is 235 Å². The van der Waals surface area contributed by atoms with E-state index in [9.17, 15) is 20.1 Å². The van der Waals surface area contributed by atoms with E-state index in [1.54, 1.807) is 42.3 Å². The van der Waals surface area contributed by atoms with Crippen molar-refractivity contribution >= 4 is 5.97 Å². The van der Waals surface area contributed by atoms with Crippen LogP contribution >= 0.6 is 0 Å². The van der Waals surface area contributed by atoms with E-state index in [0.29, 0.717) is 19.3 Å². The minimum Gasteiger partial charge on any atom is -0.481 e. The van der Waals surface area contributed by atoms with Crippen molar-refractivity contribution in [3.63, 3.8) is 0 Å². The maximum absolute atomic E-state index is 12.5. The normalized spacial score (nSPS) is 54.1. The second-order valence-corrected chi connectivity index (χ2v) is 21.3. The Morgan fingerprint density at radius 3 is 1.97 bits per heavy atom. The van der Waals surface area contributed by atoms with Crippen LogP contribution in [-0.4, -0.2) is 158 Å². The van der Waals surface area contributed by atoms with Gasteiger partial charge in [0.2, 0.25) is 0 Å². The van der Waals surface area contributed by atoms with Crippen molar-refractivity contribution in [3.05, 3.63) is 0 Å². The monoisotopic (exact) mass is 915 g/mol. The molecular weight excluding hydrogens is 833 g/mol. The number of methoxy groups -OCH3 is 4. The average molecular weight is 915 g/mol. The molecule has 0 aromatic carbocycles. The van der Waals surface area contributed by atoms with Gasteiger partial charge in [-0.25, -0.2) is 0 Å². The lowest BCUT2D eigenvalue weighted by Gasteiger charge is -2.58. The molecule has 7 fully saturated rings. The van der Waals surface area contributed by atoms with Crippen molar-refractivity contribution in [3.8, 4) is 0 Å². The summed E-state index contributed by atoms with van der Waals surface area (Å²) in [6, 6.07) is 0. The Bertz CT molecular complexity index is 1600. The van der Waals surface area contributed by atoms with Gasteiger partial charge in [-0.2, -0.15) is 0 Å².